The van der Waals surface area contributed by atoms with Crippen molar-refractivity contribution in [3.63, 3.8) is 0 Å². The average Bonchev–Trinajstić information content (AvgIpc) is 2.87. The van der Waals surface area contributed by atoms with Gasteiger partial charge in [-0.1, -0.05) is 30.3 Å². The Hall–Kier alpha value is -1.68. The van der Waals surface area contributed by atoms with Crippen LogP contribution >= 0.6 is 12.2 Å². The lowest BCUT2D eigenvalue weighted by atomic mass is 9.87. The van der Waals surface area contributed by atoms with Gasteiger partial charge in [-0.2, -0.15) is 5.10 Å². The number of aromatic amines is 1. The van der Waals surface area contributed by atoms with Crippen LogP contribution in [0, 0.1) is 4.77 Å². The van der Waals surface area contributed by atoms with E-state index in [9.17, 15) is 0 Å². The first-order valence-electron chi connectivity index (χ1n) is 7.10. The van der Waals surface area contributed by atoms with Crippen molar-refractivity contribution in [3.05, 3.63) is 52.1 Å². The van der Waals surface area contributed by atoms with E-state index in [4.69, 9.17) is 12.2 Å². The van der Waals surface area contributed by atoms with E-state index >= 15 is 0 Å². The fourth-order valence-corrected chi connectivity index (χ4v) is 3.26. The summed E-state index contributed by atoms with van der Waals surface area (Å²) < 4.78 is 2.89. The molecular formula is C16H19N3S. The fraction of sp³-hybridized carbons (Fsp3) is 0.375. The van der Waals surface area contributed by atoms with Crippen LogP contribution in [0.1, 0.15) is 49.7 Å². The lowest BCUT2D eigenvalue weighted by molar-refractivity contribution is 0.481. The molecule has 0 saturated heterocycles. The number of benzene rings is 1. The van der Waals surface area contributed by atoms with E-state index < -0.39 is 0 Å². The molecule has 0 amide bonds. The maximum Gasteiger partial charge on any atom is 0.196 e. The number of hydrogen-bond donors (Lipinski definition) is 1. The minimum atomic E-state index is 0.302. The summed E-state index contributed by atoms with van der Waals surface area (Å²) in [5.41, 5.74) is 3.98. The molecule has 3 nitrogen and oxygen atoms in total. The van der Waals surface area contributed by atoms with E-state index in [1.807, 2.05) is 6.92 Å². The molecular weight excluding hydrogens is 266 g/mol. The molecule has 1 unspecified atom stereocenters. The van der Waals surface area contributed by atoms with Gasteiger partial charge < -0.3 is 0 Å². The number of nitrogens with one attached hydrogen (secondary N) is 1. The molecule has 1 aromatic heterocycles. The molecule has 1 N–H and O–H groups in total. The smallest absolute Gasteiger partial charge is 0.196 e. The van der Waals surface area contributed by atoms with Gasteiger partial charge in [0.25, 0.3) is 0 Å². The third-order valence-electron chi connectivity index (χ3n) is 4.14. The topological polar surface area (TPSA) is 33.6 Å². The van der Waals surface area contributed by atoms with Crippen molar-refractivity contribution in [2.75, 3.05) is 0 Å². The predicted molar refractivity (Wildman–Crippen MR) is 84.3 cm³/mol. The number of aryl methyl sites for hydroxylation is 1. The van der Waals surface area contributed by atoms with Gasteiger partial charge >= 0.3 is 0 Å². The molecule has 1 aromatic carbocycles. The molecule has 2 aromatic rings. The second-order valence-corrected chi connectivity index (χ2v) is 5.69. The summed E-state index contributed by atoms with van der Waals surface area (Å²) in [5.74, 6) is 0.958. The van der Waals surface area contributed by atoms with Gasteiger partial charge in [0, 0.05) is 0 Å². The number of rotatable bonds is 2. The van der Waals surface area contributed by atoms with Crippen LogP contribution in [0.3, 0.4) is 0 Å². The number of hydrogen-bond acceptors (Lipinski definition) is 2. The standard InChI is InChI=1S/C16H19N3S/c1-3-11(2)15-17-18-16(20)19(15)14-10-6-8-12-7-4-5-9-13(12)14/h3-5,7,9,14H,6,8,10H2,1-2H3,(H,18,20)/b11-3+. The quantitative estimate of drug-likeness (QED) is 0.835. The number of fused-ring (bicyclic) bond motifs is 1. The molecule has 0 saturated carbocycles. The van der Waals surface area contributed by atoms with Crippen molar-refractivity contribution in [2.24, 2.45) is 0 Å². The lowest BCUT2D eigenvalue weighted by Gasteiger charge is -2.27. The Balaban J connectivity index is 2.16. The highest BCUT2D eigenvalue weighted by Crippen LogP contribution is 2.34. The summed E-state index contributed by atoms with van der Waals surface area (Å²) >= 11 is 5.47. The van der Waals surface area contributed by atoms with E-state index in [1.54, 1.807) is 0 Å². The maximum atomic E-state index is 5.47. The fourth-order valence-electron chi connectivity index (χ4n) is 3.00. The third kappa shape index (κ3) is 2.14. The van der Waals surface area contributed by atoms with Crippen molar-refractivity contribution >= 4 is 17.8 Å². The maximum absolute atomic E-state index is 5.47. The van der Waals surface area contributed by atoms with Crippen molar-refractivity contribution in [1.82, 2.24) is 14.8 Å². The van der Waals surface area contributed by atoms with E-state index in [0.29, 0.717) is 10.8 Å². The highest BCUT2D eigenvalue weighted by molar-refractivity contribution is 7.71. The number of aromatic nitrogens is 3. The van der Waals surface area contributed by atoms with Crippen molar-refractivity contribution in [1.29, 1.82) is 0 Å². The van der Waals surface area contributed by atoms with Crippen LogP contribution in [-0.2, 0) is 6.42 Å². The molecule has 20 heavy (non-hydrogen) atoms. The Morgan fingerprint density at radius 3 is 3.05 bits per heavy atom. The molecule has 0 aliphatic heterocycles. The second-order valence-electron chi connectivity index (χ2n) is 5.30. The Kier molecular flexibility index (Phi) is 3.57. The molecule has 0 bridgehead atoms. The summed E-state index contributed by atoms with van der Waals surface area (Å²) in [6.45, 7) is 4.11. The van der Waals surface area contributed by atoms with Crippen molar-refractivity contribution in [2.45, 2.75) is 39.2 Å². The highest BCUT2D eigenvalue weighted by atomic mass is 32.1. The summed E-state index contributed by atoms with van der Waals surface area (Å²) in [7, 11) is 0. The number of nitrogens with zero attached hydrogens (tertiary/aromatic N) is 2. The second kappa shape index (κ2) is 5.37. The molecule has 0 spiro atoms. The van der Waals surface area contributed by atoms with Crippen molar-refractivity contribution < 1.29 is 0 Å². The van der Waals surface area contributed by atoms with Gasteiger partial charge in [-0.3, -0.25) is 9.67 Å². The SMILES string of the molecule is C/C=C(\C)c1n[nH]c(=S)n1C1CCCc2ccccc21. The van der Waals surface area contributed by atoms with E-state index in [0.717, 1.165) is 24.2 Å². The van der Waals surface area contributed by atoms with E-state index in [1.165, 1.54) is 17.5 Å². The minimum absolute atomic E-state index is 0.302. The van der Waals surface area contributed by atoms with E-state index in [-0.39, 0.29) is 0 Å². The Morgan fingerprint density at radius 1 is 1.45 bits per heavy atom. The summed E-state index contributed by atoms with van der Waals surface area (Å²) in [5, 5.41) is 7.37. The van der Waals surface area contributed by atoms with Gasteiger partial charge in [0.05, 0.1) is 6.04 Å². The first-order chi connectivity index (χ1) is 9.72. The molecule has 1 aliphatic rings. The largest absolute Gasteiger partial charge is 0.293 e. The molecule has 3 rings (SSSR count). The van der Waals surface area contributed by atoms with Crippen LogP contribution in [0.25, 0.3) is 5.57 Å². The Bertz CT molecular complexity index is 709. The van der Waals surface area contributed by atoms with Crippen LogP contribution in [0.2, 0.25) is 0 Å². The van der Waals surface area contributed by atoms with Crippen LogP contribution < -0.4 is 0 Å². The zero-order valence-electron chi connectivity index (χ0n) is 11.9. The van der Waals surface area contributed by atoms with Crippen LogP contribution in [0.4, 0.5) is 0 Å². The van der Waals surface area contributed by atoms with Gasteiger partial charge in [0.2, 0.25) is 0 Å². The van der Waals surface area contributed by atoms with E-state index in [2.05, 4.69) is 52.0 Å². The minimum Gasteiger partial charge on any atom is -0.293 e. The molecule has 4 heteroatoms. The monoisotopic (exact) mass is 285 g/mol. The van der Waals surface area contributed by atoms with Gasteiger partial charge in [-0.05, 0) is 62.0 Å². The Labute approximate surface area is 124 Å². The molecule has 0 radical (unpaired) electrons. The Morgan fingerprint density at radius 2 is 2.25 bits per heavy atom. The number of allylic oxidation sites excluding steroid dienone is 2. The molecule has 1 heterocycles. The molecule has 104 valence electrons. The first-order valence-corrected chi connectivity index (χ1v) is 7.51. The third-order valence-corrected chi connectivity index (χ3v) is 4.43. The van der Waals surface area contributed by atoms with Gasteiger partial charge in [-0.15, -0.1) is 0 Å². The van der Waals surface area contributed by atoms with Gasteiger partial charge in [-0.25, -0.2) is 0 Å². The first kappa shape index (κ1) is 13.3. The normalized spacial score (nSPS) is 18.9. The molecule has 0 fully saturated rings. The summed E-state index contributed by atoms with van der Waals surface area (Å²) in [6.07, 6.45) is 5.56. The molecule has 1 atom stereocenters. The lowest BCUT2D eigenvalue weighted by Crippen LogP contribution is -2.19. The number of H-pyrrole nitrogens is 1. The van der Waals surface area contributed by atoms with Crippen molar-refractivity contribution in [3.8, 4) is 0 Å². The summed E-state index contributed by atoms with van der Waals surface area (Å²) in [4.78, 5) is 0. The zero-order chi connectivity index (χ0) is 14.1. The highest BCUT2D eigenvalue weighted by Gasteiger charge is 2.24. The molecule has 1 aliphatic carbocycles. The van der Waals surface area contributed by atoms with Gasteiger partial charge in [0.1, 0.15) is 0 Å². The zero-order valence-corrected chi connectivity index (χ0v) is 12.7. The van der Waals surface area contributed by atoms with Crippen LogP contribution in [0.5, 0.6) is 0 Å². The van der Waals surface area contributed by atoms with Crippen LogP contribution in [0.15, 0.2) is 30.3 Å². The van der Waals surface area contributed by atoms with Gasteiger partial charge in [0.15, 0.2) is 10.6 Å². The summed E-state index contributed by atoms with van der Waals surface area (Å²) in [6, 6.07) is 8.99. The predicted octanol–water partition coefficient (Wildman–Crippen LogP) is 4.29. The van der Waals surface area contributed by atoms with Crippen LogP contribution in [-0.4, -0.2) is 14.8 Å². The average molecular weight is 285 g/mol.